The molecule has 0 spiro atoms. The molecule has 1 fully saturated rings. The van der Waals surface area contributed by atoms with Crippen LogP contribution < -0.4 is 4.48 Å². The minimum atomic E-state index is -1.10. The number of aromatic nitrogens is 1. The van der Waals surface area contributed by atoms with E-state index >= 15 is 0 Å². The van der Waals surface area contributed by atoms with E-state index in [0.29, 0.717) is 0 Å². The van der Waals surface area contributed by atoms with Crippen molar-refractivity contribution < 1.29 is 19.1 Å². The summed E-state index contributed by atoms with van der Waals surface area (Å²) in [5.41, 5.74) is -0.607. The van der Waals surface area contributed by atoms with E-state index in [9.17, 15) is 19.1 Å². The Morgan fingerprint density at radius 3 is 2.57 bits per heavy atom. The van der Waals surface area contributed by atoms with Gasteiger partial charge in [-0.3, -0.25) is 4.90 Å². The highest BCUT2D eigenvalue weighted by molar-refractivity contribution is 5.95. The van der Waals surface area contributed by atoms with Gasteiger partial charge in [0.25, 0.3) is 5.95 Å². The number of urea groups is 1. The maximum absolute atomic E-state index is 14.2. The number of halogens is 1. The van der Waals surface area contributed by atoms with Gasteiger partial charge >= 0.3 is 12.0 Å². The number of quaternary nitrogens is 1. The van der Waals surface area contributed by atoms with Gasteiger partial charge in [0, 0.05) is 19.3 Å². The summed E-state index contributed by atoms with van der Waals surface area (Å²) in [4.78, 5) is 28.9. The molecule has 1 aromatic heterocycles. The van der Waals surface area contributed by atoms with Crippen LogP contribution in [0.1, 0.15) is 20.8 Å². The largest absolute Gasteiger partial charge is 0.480 e. The van der Waals surface area contributed by atoms with Crippen molar-refractivity contribution in [3.8, 4) is 0 Å². The molecule has 7 heteroatoms. The van der Waals surface area contributed by atoms with Crippen molar-refractivity contribution >= 4 is 17.7 Å². The van der Waals surface area contributed by atoms with E-state index in [2.05, 4.69) is 4.98 Å². The van der Waals surface area contributed by atoms with Gasteiger partial charge < -0.3 is 5.11 Å². The molecule has 0 aromatic carbocycles. The molecular weight excluding hydrogens is 277 g/mol. The van der Waals surface area contributed by atoms with Crippen LogP contribution in [0.2, 0.25) is 0 Å². The fourth-order valence-electron chi connectivity index (χ4n) is 2.89. The van der Waals surface area contributed by atoms with Gasteiger partial charge in [0.2, 0.25) is 0 Å². The first-order valence-electron chi connectivity index (χ1n) is 6.62. The van der Waals surface area contributed by atoms with Crippen LogP contribution in [0.25, 0.3) is 0 Å². The molecule has 21 heavy (non-hydrogen) atoms. The van der Waals surface area contributed by atoms with Gasteiger partial charge in [0.05, 0.1) is 0 Å². The van der Waals surface area contributed by atoms with E-state index in [-0.39, 0.29) is 12.2 Å². The zero-order chi connectivity index (χ0) is 16.0. The number of rotatable bonds is 2. The second kappa shape index (κ2) is 4.77. The highest BCUT2D eigenvalue weighted by Crippen LogP contribution is 2.40. The summed E-state index contributed by atoms with van der Waals surface area (Å²) in [5, 5.41) is 9.30. The molecule has 1 saturated heterocycles. The van der Waals surface area contributed by atoms with Gasteiger partial charge in [-0.1, -0.05) is 0 Å². The molecule has 0 bridgehead atoms. The molecule has 2 rings (SSSR count). The Balaban J connectivity index is 2.69. The third-order valence-corrected chi connectivity index (χ3v) is 4.12. The van der Waals surface area contributed by atoms with Crippen molar-refractivity contribution in [3.63, 3.8) is 0 Å². The molecule has 0 aliphatic carbocycles. The molecule has 1 N–H and O–H groups in total. The number of nitrogens with zero attached hydrogens (tertiary/aromatic N) is 3. The average Bonchev–Trinajstić information content (AvgIpc) is 2.64. The number of pyridine rings is 1. The first-order chi connectivity index (χ1) is 9.63. The molecule has 2 unspecified atom stereocenters. The van der Waals surface area contributed by atoms with Crippen molar-refractivity contribution in [2.45, 2.75) is 32.4 Å². The third-order valence-electron chi connectivity index (χ3n) is 4.12. The van der Waals surface area contributed by atoms with Crippen LogP contribution in [-0.2, 0) is 4.79 Å². The number of aliphatic carboxylic acids is 1. The van der Waals surface area contributed by atoms with E-state index in [1.54, 1.807) is 26.8 Å². The number of carbonyl (C=O) groups excluding carboxylic acids is 1. The quantitative estimate of drug-likeness (QED) is 0.668. The molecule has 2 atom stereocenters. The number of likely N-dealkylation sites (N-methyl/N-ethyl adjacent to an activating group) is 1. The van der Waals surface area contributed by atoms with Gasteiger partial charge in [0.1, 0.15) is 12.1 Å². The van der Waals surface area contributed by atoms with E-state index in [4.69, 9.17) is 0 Å². The van der Waals surface area contributed by atoms with Gasteiger partial charge in [-0.15, -0.1) is 0 Å². The van der Waals surface area contributed by atoms with Gasteiger partial charge in [-0.05, 0) is 26.8 Å². The summed E-state index contributed by atoms with van der Waals surface area (Å²) in [6.07, 6.45) is 1.30. The molecule has 6 nitrogen and oxygen atoms in total. The smallest absolute Gasteiger partial charge is 0.425 e. The Hall–Kier alpha value is -2.02. The molecule has 2 heterocycles. The molecule has 2 amide bonds. The number of amides is 2. The SMILES string of the molecule is CN1C(=O)[N+](c2cccnc2F)(C(C)(C)C)CC1C(=O)O. The molecular formula is C14H19FN3O3+. The average molecular weight is 296 g/mol. The summed E-state index contributed by atoms with van der Waals surface area (Å²) in [5.74, 6) is -1.85. The van der Waals surface area contributed by atoms with Crippen LogP contribution in [-0.4, -0.2) is 52.2 Å². The van der Waals surface area contributed by atoms with E-state index in [1.165, 1.54) is 24.2 Å². The second-order valence-electron chi connectivity index (χ2n) is 6.22. The molecule has 0 saturated carbocycles. The standard InChI is InChI=1S/C14H18FN3O3/c1-14(2,3)18(10-6-5-7-16-11(10)15)8-9(12(19)20)17(4)13(18)21/h5-7,9H,8H2,1-4H3/p+1. The summed E-state index contributed by atoms with van der Waals surface area (Å²) >= 11 is 0. The lowest BCUT2D eigenvalue weighted by Gasteiger charge is -2.41. The van der Waals surface area contributed by atoms with Gasteiger partial charge in [0.15, 0.2) is 11.7 Å². The van der Waals surface area contributed by atoms with Crippen LogP contribution in [0.15, 0.2) is 18.3 Å². The minimum absolute atomic E-state index is 0.0310. The monoisotopic (exact) mass is 296 g/mol. The number of hydrogen-bond donors (Lipinski definition) is 1. The Morgan fingerprint density at radius 1 is 1.52 bits per heavy atom. The first-order valence-corrected chi connectivity index (χ1v) is 6.62. The summed E-state index contributed by atoms with van der Waals surface area (Å²) in [6.45, 7) is 5.33. The van der Waals surface area contributed by atoms with Crippen LogP contribution in [0.5, 0.6) is 0 Å². The molecule has 1 aliphatic rings. The molecule has 1 aromatic rings. The molecule has 0 radical (unpaired) electrons. The third kappa shape index (κ3) is 2.08. The van der Waals surface area contributed by atoms with Crippen LogP contribution in [0.4, 0.5) is 14.9 Å². The van der Waals surface area contributed by atoms with E-state index in [0.717, 1.165) is 0 Å². The number of hydrogen-bond acceptors (Lipinski definition) is 3. The summed E-state index contributed by atoms with van der Waals surface area (Å²) in [6, 6.07) is 1.60. The zero-order valence-electron chi connectivity index (χ0n) is 12.5. The minimum Gasteiger partial charge on any atom is -0.480 e. The second-order valence-corrected chi connectivity index (χ2v) is 6.22. The van der Waals surface area contributed by atoms with Crippen molar-refractivity contribution in [2.24, 2.45) is 0 Å². The zero-order valence-corrected chi connectivity index (χ0v) is 12.5. The van der Waals surface area contributed by atoms with Gasteiger partial charge in [-0.25, -0.2) is 14.6 Å². The Kier molecular flexibility index (Phi) is 3.49. The maximum atomic E-state index is 14.2. The number of carboxylic acids is 1. The van der Waals surface area contributed by atoms with E-state index < -0.39 is 34.0 Å². The normalized spacial score (nSPS) is 26.2. The van der Waals surface area contributed by atoms with Crippen LogP contribution >= 0.6 is 0 Å². The van der Waals surface area contributed by atoms with E-state index in [1.807, 2.05) is 0 Å². The molecule has 114 valence electrons. The van der Waals surface area contributed by atoms with Crippen molar-refractivity contribution in [2.75, 3.05) is 13.6 Å². The summed E-state index contributed by atoms with van der Waals surface area (Å²) in [7, 11) is 1.43. The topological polar surface area (TPSA) is 70.5 Å². The number of carboxylic acid groups (broad SMARTS) is 1. The lowest BCUT2D eigenvalue weighted by atomic mass is 10.00. The lowest BCUT2D eigenvalue weighted by Crippen LogP contribution is -2.64. The van der Waals surface area contributed by atoms with Crippen LogP contribution in [0, 0.1) is 5.95 Å². The lowest BCUT2D eigenvalue weighted by molar-refractivity contribution is -0.140. The highest BCUT2D eigenvalue weighted by atomic mass is 19.1. The predicted octanol–water partition coefficient (Wildman–Crippen LogP) is 1.85. The first kappa shape index (κ1) is 15.4. The predicted molar refractivity (Wildman–Crippen MR) is 75.2 cm³/mol. The molecule has 1 aliphatic heterocycles. The summed E-state index contributed by atoms with van der Waals surface area (Å²) < 4.78 is 13.8. The van der Waals surface area contributed by atoms with Gasteiger partial charge in [-0.2, -0.15) is 8.87 Å². The highest BCUT2D eigenvalue weighted by Gasteiger charge is 2.61. The van der Waals surface area contributed by atoms with Crippen molar-refractivity contribution in [1.29, 1.82) is 0 Å². The van der Waals surface area contributed by atoms with Crippen molar-refractivity contribution in [3.05, 3.63) is 24.3 Å². The van der Waals surface area contributed by atoms with Crippen molar-refractivity contribution in [1.82, 2.24) is 14.4 Å². The fraction of sp³-hybridized carbons (Fsp3) is 0.500. The number of carbonyl (C=O) groups is 2. The Labute approximate surface area is 122 Å². The fourth-order valence-corrected chi connectivity index (χ4v) is 2.89. The Bertz CT molecular complexity index is 599. The van der Waals surface area contributed by atoms with Crippen LogP contribution in [0.3, 0.4) is 0 Å². The Morgan fingerprint density at radius 2 is 2.14 bits per heavy atom. The maximum Gasteiger partial charge on any atom is 0.425 e.